The van der Waals surface area contributed by atoms with Gasteiger partial charge < -0.3 is 14.2 Å². The van der Waals surface area contributed by atoms with E-state index in [9.17, 15) is 18.4 Å². The number of carbonyl (C=O) groups is 1. The summed E-state index contributed by atoms with van der Waals surface area (Å²) in [7, 11) is 3.36. The van der Waals surface area contributed by atoms with Crippen LogP contribution < -0.4 is 10.3 Å². The predicted molar refractivity (Wildman–Crippen MR) is 113 cm³/mol. The molecule has 0 spiro atoms. The third-order valence-corrected chi connectivity index (χ3v) is 5.21. The van der Waals surface area contributed by atoms with Crippen molar-refractivity contribution >= 4 is 21.8 Å². The molecule has 0 N–H and O–H groups in total. The van der Waals surface area contributed by atoms with Gasteiger partial charge in [-0.3, -0.25) is 9.59 Å². The van der Waals surface area contributed by atoms with Gasteiger partial charge in [0, 0.05) is 37.5 Å². The van der Waals surface area contributed by atoms with Crippen LogP contribution in [0.25, 0.3) is 0 Å². The molecule has 0 aliphatic rings. The van der Waals surface area contributed by atoms with Gasteiger partial charge in [0.1, 0.15) is 16.0 Å². The van der Waals surface area contributed by atoms with Gasteiger partial charge in [0.2, 0.25) is 0 Å². The van der Waals surface area contributed by atoms with Crippen molar-refractivity contribution in [2.45, 2.75) is 13.5 Å². The fraction of sp³-hybridized carbons (Fsp3) is 0.182. The summed E-state index contributed by atoms with van der Waals surface area (Å²) in [4.78, 5) is 26.3. The van der Waals surface area contributed by atoms with Crippen LogP contribution in [0.2, 0.25) is 0 Å². The van der Waals surface area contributed by atoms with Crippen molar-refractivity contribution in [1.29, 1.82) is 0 Å². The number of ether oxygens (including phenoxy) is 1. The zero-order valence-corrected chi connectivity index (χ0v) is 18.2. The van der Waals surface area contributed by atoms with E-state index >= 15 is 0 Å². The molecule has 1 amide bonds. The highest BCUT2D eigenvalue weighted by molar-refractivity contribution is 9.10. The van der Waals surface area contributed by atoms with Gasteiger partial charge in [-0.1, -0.05) is 12.1 Å². The van der Waals surface area contributed by atoms with Crippen molar-refractivity contribution in [2.24, 2.45) is 0 Å². The average Bonchev–Trinajstić information content (AvgIpc) is 2.71. The molecule has 0 atom stereocenters. The van der Waals surface area contributed by atoms with E-state index in [0.717, 1.165) is 17.7 Å². The molecule has 0 aliphatic carbocycles. The largest absolute Gasteiger partial charge is 0.453 e. The van der Waals surface area contributed by atoms with Crippen LogP contribution in [0.5, 0.6) is 11.5 Å². The number of nitrogens with zero attached hydrogens (tertiary/aromatic N) is 2. The highest BCUT2D eigenvalue weighted by Gasteiger charge is 2.15. The molecule has 5 nitrogen and oxygen atoms in total. The van der Waals surface area contributed by atoms with Crippen LogP contribution in [0, 0.1) is 18.6 Å². The quantitative estimate of drug-likeness (QED) is 0.534. The van der Waals surface area contributed by atoms with E-state index < -0.39 is 11.6 Å². The second-order valence-corrected chi connectivity index (χ2v) is 7.72. The Hall–Kier alpha value is -3.00. The zero-order chi connectivity index (χ0) is 22.0. The third-order valence-electron chi connectivity index (χ3n) is 4.48. The van der Waals surface area contributed by atoms with Crippen LogP contribution in [-0.4, -0.2) is 29.5 Å². The van der Waals surface area contributed by atoms with Crippen LogP contribution in [0.4, 0.5) is 8.78 Å². The summed E-state index contributed by atoms with van der Waals surface area (Å²) < 4.78 is 34.1. The van der Waals surface area contributed by atoms with Crippen molar-refractivity contribution in [3.63, 3.8) is 0 Å². The average molecular weight is 477 g/mol. The first-order chi connectivity index (χ1) is 14.2. The lowest BCUT2D eigenvalue weighted by Gasteiger charge is -2.15. The summed E-state index contributed by atoms with van der Waals surface area (Å²) in [6, 6.07) is 11.5. The Morgan fingerprint density at radius 3 is 2.33 bits per heavy atom. The van der Waals surface area contributed by atoms with E-state index in [2.05, 4.69) is 15.9 Å². The van der Waals surface area contributed by atoms with Gasteiger partial charge >= 0.3 is 0 Å². The molecule has 30 heavy (non-hydrogen) atoms. The molecule has 2 aromatic carbocycles. The van der Waals surface area contributed by atoms with Crippen LogP contribution in [0.15, 0.2) is 57.8 Å². The number of amides is 1. The minimum absolute atomic E-state index is 0.104. The van der Waals surface area contributed by atoms with E-state index in [1.165, 1.54) is 9.47 Å². The van der Waals surface area contributed by atoms with E-state index in [0.29, 0.717) is 17.3 Å². The summed E-state index contributed by atoms with van der Waals surface area (Å²) in [5.41, 5.74) is 1.62. The van der Waals surface area contributed by atoms with Gasteiger partial charge in [0.15, 0.2) is 11.6 Å². The normalized spacial score (nSPS) is 10.7. The van der Waals surface area contributed by atoms with Gasteiger partial charge in [0.05, 0.1) is 6.54 Å². The fourth-order valence-corrected chi connectivity index (χ4v) is 3.27. The number of rotatable bonds is 5. The smallest absolute Gasteiger partial charge is 0.269 e. The molecule has 3 aromatic rings. The van der Waals surface area contributed by atoms with Crippen LogP contribution >= 0.6 is 15.9 Å². The number of halogens is 3. The minimum Gasteiger partial charge on any atom is -0.453 e. The molecule has 3 rings (SSSR count). The fourth-order valence-electron chi connectivity index (χ4n) is 2.86. The second-order valence-electron chi connectivity index (χ2n) is 6.93. The van der Waals surface area contributed by atoms with Crippen LogP contribution in [0.1, 0.15) is 21.6 Å². The highest BCUT2D eigenvalue weighted by atomic mass is 79.9. The Morgan fingerprint density at radius 1 is 1.07 bits per heavy atom. The van der Waals surface area contributed by atoms with Crippen molar-refractivity contribution in [3.05, 3.63) is 91.8 Å². The van der Waals surface area contributed by atoms with E-state index in [1.54, 1.807) is 51.4 Å². The molecule has 0 saturated carbocycles. The molecular weight excluding hydrogens is 458 g/mol. The maximum absolute atomic E-state index is 13.9. The van der Waals surface area contributed by atoms with Gasteiger partial charge in [-0.05, 0) is 52.7 Å². The number of aryl methyl sites for hydroxylation is 1. The van der Waals surface area contributed by atoms with Gasteiger partial charge in [-0.25, -0.2) is 8.78 Å². The predicted octanol–water partition coefficient (Wildman–Crippen LogP) is 4.74. The number of aromatic nitrogens is 1. The first kappa shape index (κ1) is 21.7. The Balaban J connectivity index is 1.88. The molecule has 156 valence electrons. The van der Waals surface area contributed by atoms with Gasteiger partial charge in [0.25, 0.3) is 11.5 Å². The SMILES string of the molecule is Cc1cc(Oc2ccc(F)cc2F)c(Br)c(=O)n1Cc1ccc(C(=O)N(C)C)cc1. The Labute approximate surface area is 180 Å². The monoisotopic (exact) mass is 476 g/mol. The molecule has 0 fully saturated rings. The molecule has 0 radical (unpaired) electrons. The summed E-state index contributed by atoms with van der Waals surface area (Å²) in [5, 5.41) is 0. The number of carbonyl (C=O) groups excluding carboxylic acids is 1. The number of hydrogen-bond acceptors (Lipinski definition) is 3. The lowest BCUT2D eigenvalue weighted by molar-refractivity contribution is 0.0827. The second kappa shape index (κ2) is 8.79. The third kappa shape index (κ3) is 4.59. The summed E-state index contributed by atoms with van der Waals surface area (Å²) in [6.45, 7) is 2.01. The van der Waals surface area contributed by atoms with E-state index in [4.69, 9.17) is 4.74 Å². The molecule has 0 bridgehead atoms. The molecule has 0 unspecified atom stereocenters. The molecule has 8 heteroatoms. The van der Waals surface area contributed by atoms with Gasteiger partial charge in [-0.15, -0.1) is 0 Å². The van der Waals surface area contributed by atoms with Gasteiger partial charge in [-0.2, -0.15) is 0 Å². The maximum Gasteiger partial charge on any atom is 0.269 e. The molecule has 1 heterocycles. The molecule has 1 aromatic heterocycles. The lowest BCUT2D eigenvalue weighted by Crippen LogP contribution is -2.24. The van der Waals surface area contributed by atoms with Crippen LogP contribution in [-0.2, 0) is 6.54 Å². The Bertz CT molecular complexity index is 1160. The maximum atomic E-state index is 13.9. The van der Waals surface area contributed by atoms with Crippen molar-refractivity contribution < 1.29 is 18.3 Å². The van der Waals surface area contributed by atoms with E-state index in [-0.39, 0.29) is 34.0 Å². The minimum atomic E-state index is -0.865. The topological polar surface area (TPSA) is 51.5 Å². The number of benzene rings is 2. The standard InChI is InChI=1S/C22H19BrF2N2O3/c1-13-10-19(30-18-9-8-16(24)11-17(18)25)20(23)22(29)27(13)12-14-4-6-15(7-5-14)21(28)26(2)3/h4-11H,12H2,1-3H3. The molecular formula is C22H19BrF2N2O3. The molecule has 0 saturated heterocycles. The first-order valence-corrected chi connectivity index (χ1v) is 9.80. The highest BCUT2D eigenvalue weighted by Crippen LogP contribution is 2.30. The van der Waals surface area contributed by atoms with Crippen molar-refractivity contribution in [2.75, 3.05) is 14.1 Å². The summed E-state index contributed by atoms with van der Waals surface area (Å²) >= 11 is 3.22. The number of hydrogen-bond donors (Lipinski definition) is 0. The first-order valence-electron chi connectivity index (χ1n) is 9.01. The molecule has 0 aliphatic heterocycles. The summed E-state index contributed by atoms with van der Waals surface area (Å²) in [5.74, 6) is -1.74. The Morgan fingerprint density at radius 2 is 1.73 bits per heavy atom. The van der Waals surface area contributed by atoms with Crippen LogP contribution in [0.3, 0.4) is 0 Å². The number of pyridine rings is 1. The van der Waals surface area contributed by atoms with E-state index in [1.807, 2.05) is 0 Å². The lowest BCUT2D eigenvalue weighted by atomic mass is 10.1. The van der Waals surface area contributed by atoms with Crippen molar-refractivity contribution in [1.82, 2.24) is 9.47 Å². The summed E-state index contributed by atoms with van der Waals surface area (Å²) in [6.07, 6.45) is 0. The Kier molecular flexibility index (Phi) is 6.36. The zero-order valence-electron chi connectivity index (χ0n) is 16.6. The van der Waals surface area contributed by atoms with Crippen molar-refractivity contribution in [3.8, 4) is 11.5 Å².